The standard InChI is InChI=1S/C14H30N2O/c1-10(2)12(5)9-14(17)16(6)8-7-13(15)11(3)4/h10-13H,7-9,15H2,1-6H3. The Morgan fingerprint density at radius 2 is 1.65 bits per heavy atom. The Kier molecular flexibility index (Phi) is 7.44. The van der Waals surface area contributed by atoms with Crippen LogP contribution in [-0.2, 0) is 4.79 Å². The highest BCUT2D eigenvalue weighted by Gasteiger charge is 2.17. The van der Waals surface area contributed by atoms with Gasteiger partial charge in [0, 0.05) is 26.1 Å². The molecule has 1 amide bonds. The van der Waals surface area contributed by atoms with Gasteiger partial charge in [0.1, 0.15) is 0 Å². The zero-order chi connectivity index (χ0) is 13.6. The average molecular weight is 242 g/mol. The number of hydrogen-bond acceptors (Lipinski definition) is 2. The Morgan fingerprint density at radius 3 is 2.06 bits per heavy atom. The van der Waals surface area contributed by atoms with Crippen molar-refractivity contribution in [1.29, 1.82) is 0 Å². The molecule has 3 nitrogen and oxygen atoms in total. The minimum absolute atomic E-state index is 0.188. The van der Waals surface area contributed by atoms with Gasteiger partial charge in [-0.3, -0.25) is 4.79 Å². The molecule has 102 valence electrons. The van der Waals surface area contributed by atoms with E-state index in [2.05, 4.69) is 34.6 Å². The Morgan fingerprint density at radius 1 is 1.12 bits per heavy atom. The van der Waals surface area contributed by atoms with E-state index in [0.29, 0.717) is 24.2 Å². The maximum absolute atomic E-state index is 11.9. The van der Waals surface area contributed by atoms with Crippen LogP contribution in [0.3, 0.4) is 0 Å². The first-order valence-electron chi connectivity index (χ1n) is 6.75. The summed E-state index contributed by atoms with van der Waals surface area (Å²) in [5.41, 5.74) is 5.98. The third-order valence-electron chi connectivity index (χ3n) is 3.71. The van der Waals surface area contributed by atoms with Gasteiger partial charge in [0.25, 0.3) is 0 Å². The zero-order valence-corrected chi connectivity index (χ0v) is 12.4. The molecule has 0 bridgehead atoms. The highest BCUT2D eigenvalue weighted by molar-refractivity contribution is 5.76. The first kappa shape index (κ1) is 16.4. The molecule has 2 atom stereocenters. The molecule has 0 aliphatic rings. The van der Waals surface area contributed by atoms with E-state index in [1.807, 2.05) is 11.9 Å². The van der Waals surface area contributed by atoms with E-state index in [4.69, 9.17) is 5.73 Å². The average Bonchev–Trinajstić information content (AvgIpc) is 2.24. The second kappa shape index (κ2) is 7.70. The SMILES string of the molecule is CC(C)C(C)CC(=O)N(C)CCC(N)C(C)C. The predicted octanol–water partition coefficient (Wildman–Crippen LogP) is 2.50. The maximum Gasteiger partial charge on any atom is 0.222 e. The lowest BCUT2D eigenvalue weighted by Gasteiger charge is -2.23. The van der Waals surface area contributed by atoms with E-state index in [0.717, 1.165) is 13.0 Å². The lowest BCUT2D eigenvalue weighted by atomic mass is 9.94. The molecular weight excluding hydrogens is 212 g/mol. The summed E-state index contributed by atoms with van der Waals surface area (Å²) in [6.45, 7) is 11.5. The lowest BCUT2D eigenvalue weighted by molar-refractivity contribution is -0.131. The van der Waals surface area contributed by atoms with Crippen LogP contribution in [0.2, 0.25) is 0 Å². The third kappa shape index (κ3) is 6.67. The fourth-order valence-corrected chi connectivity index (χ4v) is 1.47. The van der Waals surface area contributed by atoms with E-state index in [9.17, 15) is 4.79 Å². The lowest BCUT2D eigenvalue weighted by Crippen LogP contribution is -2.35. The fraction of sp³-hybridized carbons (Fsp3) is 0.929. The Balaban J connectivity index is 3.98. The van der Waals surface area contributed by atoms with Crippen molar-refractivity contribution in [2.24, 2.45) is 23.5 Å². The molecule has 0 aromatic heterocycles. The summed E-state index contributed by atoms with van der Waals surface area (Å²) in [4.78, 5) is 13.7. The smallest absolute Gasteiger partial charge is 0.222 e. The van der Waals surface area contributed by atoms with Crippen LogP contribution in [0.1, 0.15) is 47.5 Å². The monoisotopic (exact) mass is 242 g/mol. The first-order valence-corrected chi connectivity index (χ1v) is 6.75. The molecular formula is C14H30N2O. The van der Waals surface area contributed by atoms with E-state index in [1.165, 1.54) is 0 Å². The van der Waals surface area contributed by atoms with Crippen LogP contribution in [-0.4, -0.2) is 30.4 Å². The summed E-state index contributed by atoms with van der Waals surface area (Å²) in [6, 6.07) is 0.188. The fourth-order valence-electron chi connectivity index (χ4n) is 1.47. The summed E-state index contributed by atoms with van der Waals surface area (Å²) in [5, 5.41) is 0. The summed E-state index contributed by atoms with van der Waals surface area (Å²) in [6.07, 6.45) is 1.53. The van der Waals surface area contributed by atoms with E-state index in [-0.39, 0.29) is 11.9 Å². The van der Waals surface area contributed by atoms with Gasteiger partial charge in [0.2, 0.25) is 5.91 Å². The molecule has 0 spiro atoms. The number of carbonyl (C=O) groups is 1. The van der Waals surface area contributed by atoms with Gasteiger partial charge in [-0.05, 0) is 24.2 Å². The van der Waals surface area contributed by atoms with Crippen LogP contribution in [0.15, 0.2) is 0 Å². The van der Waals surface area contributed by atoms with Crippen LogP contribution in [0.5, 0.6) is 0 Å². The maximum atomic E-state index is 11.9. The number of rotatable bonds is 7. The highest BCUT2D eigenvalue weighted by atomic mass is 16.2. The quantitative estimate of drug-likeness (QED) is 0.745. The largest absolute Gasteiger partial charge is 0.346 e. The van der Waals surface area contributed by atoms with Crippen LogP contribution < -0.4 is 5.73 Å². The minimum Gasteiger partial charge on any atom is -0.346 e. The van der Waals surface area contributed by atoms with Crippen molar-refractivity contribution < 1.29 is 4.79 Å². The van der Waals surface area contributed by atoms with E-state index < -0.39 is 0 Å². The van der Waals surface area contributed by atoms with Crippen LogP contribution in [0.4, 0.5) is 0 Å². The molecule has 3 heteroatoms. The minimum atomic E-state index is 0.188. The van der Waals surface area contributed by atoms with Crippen molar-refractivity contribution >= 4 is 5.91 Å². The third-order valence-corrected chi connectivity index (χ3v) is 3.71. The summed E-state index contributed by atoms with van der Waals surface area (Å²) < 4.78 is 0. The Hall–Kier alpha value is -0.570. The van der Waals surface area contributed by atoms with Gasteiger partial charge in [-0.2, -0.15) is 0 Å². The number of carbonyl (C=O) groups excluding carboxylic acids is 1. The topological polar surface area (TPSA) is 46.3 Å². The molecule has 0 radical (unpaired) electrons. The van der Waals surface area contributed by atoms with Crippen LogP contribution in [0.25, 0.3) is 0 Å². The van der Waals surface area contributed by atoms with Crippen molar-refractivity contribution in [2.75, 3.05) is 13.6 Å². The van der Waals surface area contributed by atoms with Gasteiger partial charge in [0.05, 0.1) is 0 Å². The van der Waals surface area contributed by atoms with Gasteiger partial charge >= 0.3 is 0 Å². The highest BCUT2D eigenvalue weighted by Crippen LogP contribution is 2.15. The molecule has 0 fully saturated rings. The first-order chi connectivity index (χ1) is 7.75. The summed E-state index contributed by atoms with van der Waals surface area (Å²) in [5.74, 6) is 1.73. The second-order valence-electron chi connectivity index (χ2n) is 5.94. The van der Waals surface area contributed by atoms with Crippen LogP contribution in [0, 0.1) is 17.8 Å². The molecule has 0 saturated heterocycles. The van der Waals surface area contributed by atoms with Gasteiger partial charge in [-0.1, -0.05) is 34.6 Å². The van der Waals surface area contributed by atoms with Gasteiger partial charge in [0.15, 0.2) is 0 Å². The molecule has 0 saturated carbocycles. The van der Waals surface area contributed by atoms with Crippen molar-refractivity contribution in [3.05, 3.63) is 0 Å². The van der Waals surface area contributed by atoms with Gasteiger partial charge < -0.3 is 10.6 Å². The number of nitrogens with zero attached hydrogens (tertiary/aromatic N) is 1. The van der Waals surface area contributed by atoms with E-state index in [1.54, 1.807) is 0 Å². The number of nitrogens with two attached hydrogens (primary N) is 1. The van der Waals surface area contributed by atoms with Crippen molar-refractivity contribution in [1.82, 2.24) is 4.90 Å². The van der Waals surface area contributed by atoms with Crippen LogP contribution >= 0.6 is 0 Å². The Bertz CT molecular complexity index is 226. The number of amides is 1. The van der Waals surface area contributed by atoms with Gasteiger partial charge in [-0.15, -0.1) is 0 Å². The molecule has 0 aliphatic carbocycles. The molecule has 0 aliphatic heterocycles. The number of hydrogen-bond donors (Lipinski definition) is 1. The molecule has 0 rings (SSSR count). The second-order valence-corrected chi connectivity index (χ2v) is 5.94. The summed E-state index contributed by atoms with van der Waals surface area (Å²) >= 11 is 0. The normalized spacial score (nSPS) is 15.1. The summed E-state index contributed by atoms with van der Waals surface area (Å²) in [7, 11) is 1.88. The van der Waals surface area contributed by atoms with Crippen molar-refractivity contribution in [3.8, 4) is 0 Å². The Labute approximate surface area is 107 Å². The molecule has 2 N–H and O–H groups in total. The van der Waals surface area contributed by atoms with E-state index >= 15 is 0 Å². The van der Waals surface area contributed by atoms with Crippen molar-refractivity contribution in [3.63, 3.8) is 0 Å². The van der Waals surface area contributed by atoms with Crippen molar-refractivity contribution in [2.45, 2.75) is 53.5 Å². The molecule has 2 unspecified atom stereocenters. The van der Waals surface area contributed by atoms with Gasteiger partial charge in [-0.25, -0.2) is 0 Å². The predicted molar refractivity (Wildman–Crippen MR) is 73.7 cm³/mol. The molecule has 0 aromatic rings. The molecule has 0 aromatic carbocycles. The molecule has 17 heavy (non-hydrogen) atoms. The molecule has 0 heterocycles. The zero-order valence-electron chi connectivity index (χ0n) is 12.4.